The second-order valence-electron chi connectivity index (χ2n) is 13.8. The van der Waals surface area contributed by atoms with Gasteiger partial charge in [-0.05, 0) is 113 Å². The number of amides is 4. The molecule has 4 heterocycles. The van der Waals surface area contributed by atoms with Crippen LogP contribution >= 0.6 is 0 Å². The molecule has 3 aliphatic heterocycles. The monoisotopic (exact) mass is 662 g/mol. The summed E-state index contributed by atoms with van der Waals surface area (Å²) in [5.74, 6) is -0.856. The van der Waals surface area contributed by atoms with Crippen LogP contribution in [-0.4, -0.2) is 88.4 Å². The largest absolute Gasteiger partial charge is 0.388 e. The number of hydrogen-bond donors (Lipinski definition) is 4. The number of nitrogens with zero attached hydrogens (tertiary/aromatic N) is 4. The highest BCUT2D eigenvalue weighted by Gasteiger charge is 2.44. The van der Waals surface area contributed by atoms with Gasteiger partial charge in [-0.25, -0.2) is 4.98 Å². The Morgan fingerprint density at radius 2 is 1.80 bits per heavy atom. The van der Waals surface area contributed by atoms with E-state index >= 15 is 0 Å². The Bertz CT molecular complexity index is 1840. The summed E-state index contributed by atoms with van der Waals surface area (Å²) in [6.45, 7) is 2.95. The second kappa shape index (κ2) is 13.9. The number of rotatable bonds is 11. The minimum atomic E-state index is -0.968. The molecule has 4 aliphatic rings. The second-order valence-corrected chi connectivity index (χ2v) is 13.8. The van der Waals surface area contributed by atoms with Crippen molar-refractivity contribution in [3.8, 4) is 0 Å². The Labute approximate surface area is 285 Å². The molecule has 3 aromatic rings. The number of hydrogen-bond acceptors (Lipinski definition) is 10. The highest BCUT2D eigenvalue weighted by molar-refractivity contribution is 6.23. The Balaban J connectivity index is 0.868. The summed E-state index contributed by atoms with van der Waals surface area (Å²) in [4.78, 5) is 62.7. The lowest BCUT2D eigenvalue weighted by Crippen LogP contribution is -2.54. The highest BCUT2D eigenvalue weighted by Crippen LogP contribution is 2.33. The van der Waals surface area contributed by atoms with E-state index in [2.05, 4.69) is 51.1 Å². The van der Waals surface area contributed by atoms with Crippen LogP contribution in [0.15, 0.2) is 48.8 Å². The number of imide groups is 2. The van der Waals surface area contributed by atoms with Crippen molar-refractivity contribution >= 4 is 52.1 Å². The van der Waals surface area contributed by atoms with E-state index < -0.39 is 29.7 Å². The zero-order chi connectivity index (χ0) is 34.1. The van der Waals surface area contributed by atoms with E-state index in [1.165, 1.54) is 11.8 Å². The van der Waals surface area contributed by atoms with E-state index in [0.29, 0.717) is 29.1 Å². The van der Waals surface area contributed by atoms with Gasteiger partial charge in [-0.15, -0.1) is 0 Å². The molecule has 12 heteroatoms. The number of fused-ring (bicyclic) bond motifs is 2. The molecule has 1 atom stereocenters. The molecule has 1 aromatic heterocycles. The van der Waals surface area contributed by atoms with E-state index in [4.69, 9.17) is 10.4 Å². The number of benzene rings is 2. The normalized spacial score (nSPS) is 23.3. The molecule has 2 aromatic carbocycles. The number of likely N-dealkylation sites (tertiary alicyclic amines) is 1. The van der Waals surface area contributed by atoms with Crippen LogP contribution in [-0.2, 0) is 9.59 Å². The molecule has 0 bridgehead atoms. The van der Waals surface area contributed by atoms with Gasteiger partial charge >= 0.3 is 0 Å². The molecule has 254 valence electrons. The van der Waals surface area contributed by atoms with Crippen LogP contribution in [0.25, 0.3) is 16.6 Å². The summed E-state index contributed by atoms with van der Waals surface area (Å²) in [7, 11) is 2.17. The minimum absolute atomic E-state index is 0.0933. The van der Waals surface area contributed by atoms with Crippen molar-refractivity contribution < 1.29 is 19.2 Å². The number of carbonyl (C=O) groups is 4. The van der Waals surface area contributed by atoms with Crippen LogP contribution in [0.3, 0.4) is 0 Å². The molecule has 1 unspecified atom stereocenters. The Morgan fingerprint density at radius 1 is 1.00 bits per heavy atom. The van der Waals surface area contributed by atoms with Crippen molar-refractivity contribution in [3.63, 3.8) is 0 Å². The third-order valence-electron chi connectivity index (χ3n) is 10.5. The molecule has 0 spiro atoms. The maximum Gasteiger partial charge on any atom is 0.262 e. The fraction of sp³-hybridized carbons (Fsp3) is 0.432. The standard InChI is InChI=1S/C37H42N8O4/c1-44-13-10-23(11-14-44)24-4-7-30-31(17-24)42-32(21-41-30)25(19-38)20-40-27-15-22(16-27)3-2-12-39-26-5-6-28-29(18-26)37(49)45(36(28)48)33-8-9-34(46)43-35(33)47/h4-7,17-23,27,33,38-40H,2-3,8-16H2,1H3,(H,43,46,47)/b25-20+,38-19?. The topological polar surface area (TPSA) is 160 Å². The first-order valence-corrected chi connectivity index (χ1v) is 17.3. The molecule has 4 N–H and O–H groups in total. The van der Waals surface area contributed by atoms with Crippen molar-refractivity contribution in [2.45, 2.75) is 69.4 Å². The zero-order valence-corrected chi connectivity index (χ0v) is 27.7. The lowest BCUT2D eigenvalue weighted by molar-refractivity contribution is -0.136. The Kier molecular flexibility index (Phi) is 9.22. The third kappa shape index (κ3) is 6.82. The average molecular weight is 663 g/mol. The van der Waals surface area contributed by atoms with Gasteiger partial charge in [-0.2, -0.15) is 0 Å². The summed E-state index contributed by atoms with van der Waals surface area (Å²) in [6.07, 6.45) is 11.6. The van der Waals surface area contributed by atoms with E-state index in [1.807, 2.05) is 6.20 Å². The molecule has 0 radical (unpaired) electrons. The number of carbonyl (C=O) groups excluding carboxylic acids is 4. The van der Waals surface area contributed by atoms with E-state index in [1.54, 1.807) is 24.4 Å². The van der Waals surface area contributed by atoms with Crippen LogP contribution in [0, 0.1) is 11.3 Å². The van der Waals surface area contributed by atoms with Gasteiger partial charge in [0.2, 0.25) is 11.8 Å². The van der Waals surface area contributed by atoms with Crippen LogP contribution in [0.1, 0.15) is 89.3 Å². The van der Waals surface area contributed by atoms with Crippen molar-refractivity contribution in [1.82, 2.24) is 30.4 Å². The van der Waals surface area contributed by atoms with Gasteiger partial charge in [0, 0.05) is 42.7 Å². The molecular weight excluding hydrogens is 620 g/mol. The van der Waals surface area contributed by atoms with E-state index in [0.717, 1.165) is 79.8 Å². The summed E-state index contributed by atoms with van der Waals surface area (Å²) in [6, 6.07) is 10.9. The van der Waals surface area contributed by atoms with Crippen molar-refractivity contribution in [3.05, 3.63) is 71.2 Å². The van der Waals surface area contributed by atoms with Crippen LogP contribution in [0.5, 0.6) is 0 Å². The molecule has 49 heavy (non-hydrogen) atoms. The predicted molar refractivity (Wildman–Crippen MR) is 186 cm³/mol. The van der Waals surface area contributed by atoms with Gasteiger partial charge in [0.05, 0.1) is 34.1 Å². The first kappa shape index (κ1) is 32.6. The van der Waals surface area contributed by atoms with Crippen LogP contribution in [0.2, 0.25) is 0 Å². The molecular formula is C37H42N8O4. The van der Waals surface area contributed by atoms with Gasteiger partial charge in [0.1, 0.15) is 6.04 Å². The van der Waals surface area contributed by atoms with E-state index in [-0.39, 0.29) is 24.0 Å². The number of allylic oxidation sites excluding steroid dienone is 1. The molecule has 7 rings (SSSR count). The van der Waals surface area contributed by atoms with Gasteiger partial charge in [0.15, 0.2) is 0 Å². The smallest absolute Gasteiger partial charge is 0.262 e. The van der Waals surface area contributed by atoms with Gasteiger partial charge in [-0.1, -0.05) is 6.07 Å². The minimum Gasteiger partial charge on any atom is -0.388 e. The summed E-state index contributed by atoms with van der Waals surface area (Å²) < 4.78 is 0. The molecule has 3 fully saturated rings. The fourth-order valence-electron chi connectivity index (χ4n) is 7.47. The molecule has 2 saturated heterocycles. The van der Waals surface area contributed by atoms with E-state index in [9.17, 15) is 19.2 Å². The molecule has 12 nitrogen and oxygen atoms in total. The van der Waals surface area contributed by atoms with Gasteiger partial charge < -0.3 is 20.9 Å². The summed E-state index contributed by atoms with van der Waals surface area (Å²) in [5, 5.41) is 17.1. The number of piperidine rings is 2. The van der Waals surface area contributed by atoms with Gasteiger partial charge in [0.25, 0.3) is 11.8 Å². The maximum atomic E-state index is 13.1. The highest BCUT2D eigenvalue weighted by atomic mass is 16.2. The Morgan fingerprint density at radius 3 is 2.57 bits per heavy atom. The SMILES string of the molecule is CN1CCC(c2ccc3ncc(/C(C=N)=C/NC4CC(CCCNc5ccc6c(c5)C(=O)N(C5CCC(=O)NC5=O)C6=O)C4)nc3c2)CC1. The lowest BCUT2D eigenvalue weighted by Gasteiger charge is -2.36. The number of nitrogens with one attached hydrogen (secondary N) is 4. The first-order valence-electron chi connectivity index (χ1n) is 17.3. The first-order chi connectivity index (χ1) is 23.8. The molecule has 1 saturated carbocycles. The summed E-state index contributed by atoms with van der Waals surface area (Å²) >= 11 is 0. The quantitative estimate of drug-likeness (QED) is 0.135. The zero-order valence-electron chi connectivity index (χ0n) is 27.7. The average Bonchev–Trinajstić information content (AvgIpc) is 3.33. The van der Waals surface area contributed by atoms with Crippen LogP contribution < -0.4 is 16.0 Å². The molecule has 1 aliphatic carbocycles. The number of aromatic nitrogens is 2. The summed E-state index contributed by atoms with van der Waals surface area (Å²) in [5.41, 5.74) is 5.75. The van der Waals surface area contributed by atoms with Crippen molar-refractivity contribution in [2.24, 2.45) is 5.92 Å². The van der Waals surface area contributed by atoms with Crippen molar-refractivity contribution in [1.29, 1.82) is 5.41 Å². The maximum absolute atomic E-state index is 13.1. The Hall–Kier alpha value is -4.97. The van der Waals surface area contributed by atoms with Crippen LogP contribution in [0.4, 0.5) is 5.69 Å². The number of anilines is 1. The fourth-order valence-corrected chi connectivity index (χ4v) is 7.47. The lowest BCUT2D eigenvalue weighted by atomic mass is 9.77. The van der Waals surface area contributed by atoms with Gasteiger partial charge in [-0.3, -0.25) is 34.4 Å². The predicted octanol–water partition coefficient (Wildman–Crippen LogP) is 4.09. The third-order valence-corrected chi connectivity index (χ3v) is 10.5. The van der Waals surface area contributed by atoms with Crippen molar-refractivity contribution in [2.75, 3.05) is 32.0 Å². The molecule has 4 amide bonds.